The molecule has 0 spiro atoms. The molecule has 0 aliphatic rings. The van der Waals surface area contributed by atoms with Crippen LogP contribution in [0.15, 0.2) is 89.8 Å². The minimum absolute atomic E-state index is 0.109. The molecule has 0 aliphatic heterocycles. The van der Waals surface area contributed by atoms with Gasteiger partial charge in [0.25, 0.3) is 10.0 Å². The Bertz CT molecular complexity index is 1100. The average Bonchev–Trinajstić information content (AvgIpc) is 2.84. The predicted molar refractivity (Wildman–Crippen MR) is 137 cm³/mol. The quantitative estimate of drug-likeness (QED) is 0.330. The van der Waals surface area contributed by atoms with Crippen LogP contribution < -0.4 is 4.72 Å². The molecule has 0 bridgehead atoms. The van der Waals surface area contributed by atoms with Crippen molar-refractivity contribution in [3.8, 4) is 11.1 Å². The molecule has 6 heteroatoms. The third-order valence-electron chi connectivity index (χ3n) is 5.46. The van der Waals surface area contributed by atoms with E-state index in [4.69, 9.17) is 0 Å². The predicted octanol–water partition coefficient (Wildman–Crippen LogP) is 6.29. The largest absolute Gasteiger partial charge is 0.274 e. The lowest BCUT2D eigenvalue weighted by Gasteiger charge is -2.16. The van der Waals surface area contributed by atoms with Crippen LogP contribution in [0.4, 0.5) is 0 Å². The molecular weight excluding hydrogens is 450 g/mol. The van der Waals surface area contributed by atoms with Gasteiger partial charge in [-0.1, -0.05) is 86.1 Å². The second-order valence-corrected chi connectivity index (χ2v) is 10.8. The number of thioether (sulfide) groups is 1. The molecule has 0 aliphatic carbocycles. The van der Waals surface area contributed by atoms with E-state index in [-0.39, 0.29) is 11.3 Å². The summed E-state index contributed by atoms with van der Waals surface area (Å²) in [6, 6.07) is 27.0. The van der Waals surface area contributed by atoms with Crippen molar-refractivity contribution in [2.75, 3.05) is 5.75 Å². The zero-order chi connectivity index (χ0) is 23.5. The number of carbonyl (C=O) groups excluding carboxylic acids is 1. The highest BCUT2D eigenvalue weighted by atomic mass is 32.2. The van der Waals surface area contributed by atoms with Crippen LogP contribution in [-0.4, -0.2) is 20.1 Å². The van der Waals surface area contributed by atoms with Gasteiger partial charge in [0.2, 0.25) is 5.91 Å². The Kier molecular flexibility index (Phi) is 9.58. The SMILES string of the molecule is CCCC(CCC(=O)NS(=O)(=O)c1ccccc1)CSCc1ccc(-c2ccccc2)cc1. The van der Waals surface area contributed by atoms with Crippen molar-refractivity contribution < 1.29 is 13.2 Å². The molecule has 1 atom stereocenters. The zero-order valence-electron chi connectivity index (χ0n) is 18.9. The number of rotatable bonds is 12. The lowest BCUT2D eigenvalue weighted by molar-refractivity contribution is -0.119. The zero-order valence-corrected chi connectivity index (χ0v) is 20.6. The fourth-order valence-corrected chi connectivity index (χ4v) is 5.93. The van der Waals surface area contributed by atoms with Crippen molar-refractivity contribution in [3.05, 3.63) is 90.5 Å². The lowest BCUT2D eigenvalue weighted by Crippen LogP contribution is -2.30. The monoisotopic (exact) mass is 481 g/mol. The van der Waals surface area contributed by atoms with Crippen LogP contribution in [0.1, 0.15) is 38.2 Å². The fraction of sp³-hybridized carbons (Fsp3) is 0.296. The van der Waals surface area contributed by atoms with Crippen molar-refractivity contribution >= 4 is 27.7 Å². The summed E-state index contributed by atoms with van der Waals surface area (Å²) in [4.78, 5) is 12.4. The molecule has 0 saturated heterocycles. The summed E-state index contributed by atoms with van der Waals surface area (Å²) < 4.78 is 26.8. The third kappa shape index (κ3) is 8.06. The molecule has 3 aromatic rings. The van der Waals surface area contributed by atoms with E-state index in [2.05, 4.69) is 48.0 Å². The summed E-state index contributed by atoms with van der Waals surface area (Å²) in [6.45, 7) is 2.14. The molecule has 0 saturated carbocycles. The van der Waals surface area contributed by atoms with E-state index >= 15 is 0 Å². The van der Waals surface area contributed by atoms with Crippen LogP contribution in [-0.2, 0) is 20.6 Å². The van der Waals surface area contributed by atoms with Crippen LogP contribution in [0, 0.1) is 5.92 Å². The lowest BCUT2D eigenvalue weighted by atomic mass is 10.00. The maximum absolute atomic E-state index is 12.3. The van der Waals surface area contributed by atoms with E-state index in [0.717, 1.165) is 24.3 Å². The van der Waals surface area contributed by atoms with Gasteiger partial charge in [-0.15, -0.1) is 0 Å². The number of carbonyl (C=O) groups is 1. The second-order valence-electron chi connectivity index (χ2n) is 8.11. The number of nitrogens with one attached hydrogen (secondary N) is 1. The molecule has 3 rings (SSSR count). The minimum atomic E-state index is -3.80. The van der Waals surface area contributed by atoms with E-state index in [1.807, 2.05) is 30.0 Å². The molecule has 0 radical (unpaired) electrons. The van der Waals surface area contributed by atoms with Gasteiger partial charge in [0, 0.05) is 12.2 Å². The summed E-state index contributed by atoms with van der Waals surface area (Å²) in [5.41, 5.74) is 3.71. The molecule has 3 aromatic carbocycles. The Balaban J connectivity index is 1.45. The normalized spacial score (nSPS) is 12.3. The topological polar surface area (TPSA) is 63.2 Å². The second kappa shape index (κ2) is 12.6. The number of hydrogen-bond donors (Lipinski definition) is 1. The summed E-state index contributed by atoms with van der Waals surface area (Å²) in [5, 5.41) is 0. The first-order chi connectivity index (χ1) is 16.0. The molecule has 4 nitrogen and oxygen atoms in total. The number of hydrogen-bond acceptors (Lipinski definition) is 4. The molecular formula is C27H31NO3S2. The van der Waals surface area contributed by atoms with Crippen LogP contribution in [0.25, 0.3) is 11.1 Å². The van der Waals surface area contributed by atoms with Crippen LogP contribution in [0.3, 0.4) is 0 Å². The Labute approximate surface area is 201 Å². The van der Waals surface area contributed by atoms with Gasteiger partial charge in [0.1, 0.15) is 0 Å². The highest BCUT2D eigenvalue weighted by Crippen LogP contribution is 2.24. The van der Waals surface area contributed by atoms with E-state index in [9.17, 15) is 13.2 Å². The summed E-state index contributed by atoms with van der Waals surface area (Å²) in [6.07, 6.45) is 2.96. The van der Waals surface area contributed by atoms with Crippen molar-refractivity contribution in [1.29, 1.82) is 0 Å². The van der Waals surface area contributed by atoms with Gasteiger partial charge >= 0.3 is 0 Å². The first-order valence-corrected chi connectivity index (χ1v) is 13.9. The first-order valence-electron chi connectivity index (χ1n) is 11.3. The molecule has 33 heavy (non-hydrogen) atoms. The smallest absolute Gasteiger partial charge is 0.264 e. The summed E-state index contributed by atoms with van der Waals surface area (Å²) >= 11 is 1.87. The molecule has 0 aromatic heterocycles. The maximum Gasteiger partial charge on any atom is 0.264 e. The third-order valence-corrected chi connectivity index (χ3v) is 8.10. The van der Waals surface area contributed by atoms with Gasteiger partial charge in [-0.2, -0.15) is 11.8 Å². The number of amides is 1. The van der Waals surface area contributed by atoms with E-state index in [1.54, 1.807) is 18.2 Å². The van der Waals surface area contributed by atoms with Gasteiger partial charge in [-0.25, -0.2) is 13.1 Å². The highest BCUT2D eigenvalue weighted by Gasteiger charge is 2.18. The molecule has 0 heterocycles. The van der Waals surface area contributed by atoms with Crippen LogP contribution in [0.2, 0.25) is 0 Å². The van der Waals surface area contributed by atoms with Gasteiger partial charge in [-0.3, -0.25) is 4.79 Å². The highest BCUT2D eigenvalue weighted by molar-refractivity contribution is 7.98. The van der Waals surface area contributed by atoms with E-state index < -0.39 is 15.9 Å². The summed E-state index contributed by atoms with van der Waals surface area (Å²) in [7, 11) is -3.80. The van der Waals surface area contributed by atoms with Gasteiger partial charge < -0.3 is 0 Å². The van der Waals surface area contributed by atoms with Crippen molar-refractivity contribution in [3.63, 3.8) is 0 Å². The first kappa shape index (κ1) is 25.1. The standard InChI is InChI=1S/C27H31NO3S2/c1-2-9-22(16-19-27(29)28-33(30,31)26-12-7-4-8-13-26)20-32-21-23-14-17-25(18-15-23)24-10-5-3-6-11-24/h3-8,10-15,17-18,22H,2,9,16,19-21H2,1H3,(H,28,29). The van der Waals surface area contributed by atoms with Crippen molar-refractivity contribution in [2.45, 2.75) is 43.3 Å². The Morgan fingerprint density at radius 3 is 2.09 bits per heavy atom. The Morgan fingerprint density at radius 2 is 1.45 bits per heavy atom. The van der Waals surface area contributed by atoms with E-state index in [0.29, 0.717) is 12.3 Å². The maximum atomic E-state index is 12.3. The number of benzene rings is 3. The Morgan fingerprint density at radius 1 is 0.848 bits per heavy atom. The van der Waals surface area contributed by atoms with Gasteiger partial charge in [0.15, 0.2) is 0 Å². The minimum Gasteiger partial charge on any atom is -0.274 e. The van der Waals surface area contributed by atoms with Gasteiger partial charge in [-0.05, 0) is 53.3 Å². The van der Waals surface area contributed by atoms with Crippen molar-refractivity contribution in [2.24, 2.45) is 5.92 Å². The number of sulfonamides is 1. The molecule has 1 unspecified atom stereocenters. The molecule has 1 amide bonds. The fourth-order valence-electron chi connectivity index (χ4n) is 3.68. The average molecular weight is 482 g/mol. The van der Waals surface area contributed by atoms with Crippen molar-refractivity contribution in [1.82, 2.24) is 4.72 Å². The van der Waals surface area contributed by atoms with Crippen LogP contribution in [0.5, 0.6) is 0 Å². The summed E-state index contributed by atoms with van der Waals surface area (Å²) in [5.74, 6) is 1.81. The van der Waals surface area contributed by atoms with E-state index in [1.165, 1.54) is 28.8 Å². The van der Waals surface area contributed by atoms with Crippen LogP contribution >= 0.6 is 11.8 Å². The van der Waals surface area contributed by atoms with Gasteiger partial charge in [0.05, 0.1) is 4.90 Å². The Hall–Kier alpha value is -2.57. The molecule has 0 fully saturated rings. The molecule has 174 valence electrons. The molecule has 1 N–H and O–H groups in total.